The number of amides is 1. The molecular formula is C17H17F2N3O. The van der Waals surface area contributed by atoms with E-state index in [4.69, 9.17) is 0 Å². The number of likely N-dealkylation sites (tertiary alicyclic amines) is 1. The predicted molar refractivity (Wildman–Crippen MR) is 82.3 cm³/mol. The van der Waals surface area contributed by atoms with E-state index >= 15 is 0 Å². The fourth-order valence-electron chi connectivity index (χ4n) is 2.61. The van der Waals surface area contributed by atoms with E-state index in [0.717, 1.165) is 16.8 Å². The molecule has 1 aliphatic heterocycles. The zero-order valence-electron chi connectivity index (χ0n) is 12.8. The van der Waals surface area contributed by atoms with Crippen LogP contribution in [0.25, 0.3) is 11.3 Å². The fourth-order valence-corrected chi connectivity index (χ4v) is 2.61. The highest BCUT2D eigenvalue weighted by Crippen LogP contribution is 2.28. The van der Waals surface area contributed by atoms with Crippen molar-refractivity contribution in [2.75, 3.05) is 13.1 Å². The Balaban J connectivity index is 1.73. The topological polar surface area (TPSA) is 46.1 Å². The quantitative estimate of drug-likeness (QED) is 0.853. The summed E-state index contributed by atoms with van der Waals surface area (Å²) < 4.78 is 26.3. The van der Waals surface area contributed by atoms with Crippen LogP contribution in [0.1, 0.15) is 28.8 Å². The van der Waals surface area contributed by atoms with Gasteiger partial charge in [0, 0.05) is 50.1 Å². The Labute approximate surface area is 133 Å². The van der Waals surface area contributed by atoms with Crippen LogP contribution in [-0.4, -0.2) is 39.8 Å². The molecule has 0 N–H and O–H groups in total. The second-order valence-corrected chi connectivity index (χ2v) is 5.83. The Bertz CT molecular complexity index is 706. The van der Waals surface area contributed by atoms with Gasteiger partial charge in [-0.25, -0.2) is 8.78 Å². The van der Waals surface area contributed by atoms with Crippen molar-refractivity contribution in [2.45, 2.75) is 25.7 Å². The van der Waals surface area contributed by atoms with Crippen LogP contribution in [0.2, 0.25) is 0 Å². The number of aromatic nitrogens is 2. The SMILES string of the molecule is Cc1cncc(-c2ccc(C(=O)N3CCC(F)(F)CC3)cn2)c1. The van der Waals surface area contributed by atoms with Crippen molar-refractivity contribution in [3.8, 4) is 11.3 Å². The maximum Gasteiger partial charge on any atom is 0.255 e. The van der Waals surface area contributed by atoms with Crippen molar-refractivity contribution < 1.29 is 13.6 Å². The first kappa shape index (κ1) is 15.5. The third-order valence-electron chi connectivity index (χ3n) is 3.96. The average Bonchev–Trinajstić information content (AvgIpc) is 2.54. The van der Waals surface area contributed by atoms with Gasteiger partial charge in [-0.2, -0.15) is 0 Å². The molecule has 23 heavy (non-hydrogen) atoms. The fraction of sp³-hybridized carbons (Fsp3) is 0.353. The number of piperidine rings is 1. The van der Waals surface area contributed by atoms with E-state index in [1.54, 1.807) is 24.5 Å². The second-order valence-electron chi connectivity index (χ2n) is 5.83. The van der Waals surface area contributed by atoms with E-state index < -0.39 is 5.92 Å². The number of halogens is 2. The zero-order valence-corrected chi connectivity index (χ0v) is 12.8. The van der Waals surface area contributed by atoms with Crippen molar-refractivity contribution in [1.82, 2.24) is 14.9 Å². The molecule has 0 aliphatic carbocycles. The lowest BCUT2D eigenvalue weighted by Gasteiger charge is -2.31. The minimum Gasteiger partial charge on any atom is -0.338 e. The largest absolute Gasteiger partial charge is 0.338 e. The molecule has 0 atom stereocenters. The Morgan fingerprint density at radius 2 is 1.91 bits per heavy atom. The first-order valence-electron chi connectivity index (χ1n) is 7.50. The van der Waals surface area contributed by atoms with Crippen LogP contribution in [0, 0.1) is 6.92 Å². The van der Waals surface area contributed by atoms with Crippen molar-refractivity contribution in [2.24, 2.45) is 0 Å². The Morgan fingerprint density at radius 1 is 1.17 bits per heavy atom. The van der Waals surface area contributed by atoms with Crippen LogP contribution in [0.3, 0.4) is 0 Å². The van der Waals surface area contributed by atoms with Crippen LogP contribution in [0.4, 0.5) is 8.78 Å². The van der Waals surface area contributed by atoms with Gasteiger partial charge in [-0.3, -0.25) is 14.8 Å². The van der Waals surface area contributed by atoms with Crippen LogP contribution in [0.5, 0.6) is 0 Å². The van der Waals surface area contributed by atoms with Gasteiger partial charge in [-0.1, -0.05) is 0 Å². The van der Waals surface area contributed by atoms with Crippen LogP contribution in [-0.2, 0) is 0 Å². The van der Waals surface area contributed by atoms with Gasteiger partial charge in [-0.05, 0) is 30.7 Å². The van der Waals surface area contributed by atoms with Crippen LogP contribution < -0.4 is 0 Å². The Kier molecular flexibility index (Phi) is 4.07. The average molecular weight is 317 g/mol. The van der Waals surface area contributed by atoms with Gasteiger partial charge >= 0.3 is 0 Å². The molecule has 0 radical (unpaired) electrons. The molecule has 0 aromatic carbocycles. The number of aryl methyl sites for hydroxylation is 1. The summed E-state index contributed by atoms with van der Waals surface area (Å²) in [7, 11) is 0. The number of hydrogen-bond acceptors (Lipinski definition) is 3. The molecule has 0 unspecified atom stereocenters. The molecule has 2 aromatic heterocycles. The van der Waals surface area contributed by atoms with Gasteiger partial charge in [0.05, 0.1) is 11.3 Å². The molecule has 120 valence electrons. The normalized spacial score (nSPS) is 17.1. The monoisotopic (exact) mass is 317 g/mol. The summed E-state index contributed by atoms with van der Waals surface area (Å²) in [6, 6.07) is 5.39. The molecule has 2 aromatic rings. The van der Waals surface area contributed by atoms with E-state index in [1.807, 2.05) is 13.0 Å². The first-order valence-corrected chi connectivity index (χ1v) is 7.50. The Hall–Kier alpha value is -2.37. The van der Waals surface area contributed by atoms with Gasteiger partial charge in [0.25, 0.3) is 11.8 Å². The van der Waals surface area contributed by atoms with E-state index in [0.29, 0.717) is 5.56 Å². The minimum atomic E-state index is -2.66. The molecule has 0 spiro atoms. The summed E-state index contributed by atoms with van der Waals surface area (Å²) in [5.74, 6) is -2.90. The Morgan fingerprint density at radius 3 is 2.52 bits per heavy atom. The smallest absolute Gasteiger partial charge is 0.255 e. The van der Waals surface area contributed by atoms with Gasteiger partial charge in [0.1, 0.15) is 0 Å². The predicted octanol–water partition coefficient (Wildman–Crippen LogP) is 3.32. The summed E-state index contributed by atoms with van der Waals surface area (Å²) in [5.41, 5.74) is 3.04. The van der Waals surface area contributed by atoms with Crippen molar-refractivity contribution >= 4 is 5.91 Å². The van der Waals surface area contributed by atoms with Gasteiger partial charge < -0.3 is 4.90 Å². The molecule has 4 nitrogen and oxygen atoms in total. The summed E-state index contributed by atoms with van der Waals surface area (Å²) in [6.07, 6.45) is 4.41. The molecule has 0 bridgehead atoms. The molecule has 1 saturated heterocycles. The molecular weight excluding hydrogens is 300 g/mol. The van der Waals surface area contributed by atoms with Crippen molar-refractivity contribution in [1.29, 1.82) is 0 Å². The second kappa shape index (κ2) is 6.02. The third kappa shape index (κ3) is 3.52. The number of pyridine rings is 2. The zero-order chi connectivity index (χ0) is 16.4. The highest BCUT2D eigenvalue weighted by Gasteiger charge is 2.35. The van der Waals surface area contributed by atoms with Crippen LogP contribution >= 0.6 is 0 Å². The number of alkyl halides is 2. The van der Waals surface area contributed by atoms with E-state index in [9.17, 15) is 13.6 Å². The maximum absolute atomic E-state index is 13.2. The van der Waals surface area contributed by atoms with Crippen molar-refractivity contribution in [3.63, 3.8) is 0 Å². The molecule has 6 heteroatoms. The summed E-state index contributed by atoms with van der Waals surface area (Å²) in [6.45, 7) is 2.10. The molecule has 1 aliphatic rings. The van der Waals surface area contributed by atoms with Gasteiger partial charge in [0.2, 0.25) is 0 Å². The molecule has 3 heterocycles. The highest BCUT2D eigenvalue weighted by molar-refractivity contribution is 5.94. The van der Waals surface area contributed by atoms with Crippen molar-refractivity contribution in [3.05, 3.63) is 47.9 Å². The number of carbonyl (C=O) groups is 1. The third-order valence-corrected chi connectivity index (χ3v) is 3.96. The minimum absolute atomic E-state index is 0.0788. The van der Waals surface area contributed by atoms with Gasteiger partial charge in [-0.15, -0.1) is 0 Å². The molecule has 0 saturated carbocycles. The number of hydrogen-bond donors (Lipinski definition) is 0. The van der Waals surface area contributed by atoms with Crippen LogP contribution in [0.15, 0.2) is 36.8 Å². The molecule has 3 rings (SSSR count). The lowest BCUT2D eigenvalue weighted by molar-refractivity contribution is -0.0494. The van der Waals surface area contributed by atoms with E-state index in [2.05, 4.69) is 9.97 Å². The van der Waals surface area contributed by atoms with E-state index in [-0.39, 0.29) is 31.8 Å². The van der Waals surface area contributed by atoms with E-state index in [1.165, 1.54) is 11.1 Å². The van der Waals surface area contributed by atoms with Gasteiger partial charge in [0.15, 0.2) is 0 Å². The lowest BCUT2D eigenvalue weighted by Crippen LogP contribution is -2.42. The highest BCUT2D eigenvalue weighted by atomic mass is 19.3. The summed E-state index contributed by atoms with van der Waals surface area (Å²) in [5, 5.41) is 0. The molecule has 1 amide bonds. The molecule has 1 fully saturated rings. The summed E-state index contributed by atoms with van der Waals surface area (Å²) in [4.78, 5) is 22.2. The maximum atomic E-state index is 13.2. The number of nitrogens with zero attached hydrogens (tertiary/aromatic N) is 3. The standard InChI is InChI=1S/C17H17F2N3O/c1-12-8-14(10-20-9-12)15-3-2-13(11-21-15)16(23)22-6-4-17(18,19)5-7-22/h2-3,8-11H,4-7H2,1H3. The lowest BCUT2D eigenvalue weighted by atomic mass is 10.1. The number of carbonyl (C=O) groups excluding carboxylic acids is 1. The first-order chi connectivity index (χ1) is 10.9. The summed E-state index contributed by atoms with van der Waals surface area (Å²) >= 11 is 0. The number of rotatable bonds is 2.